The van der Waals surface area contributed by atoms with Crippen molar-refractivity contribution in [3.05, 3.63) is 64.1 Å². The molecule has 0 bridgehead atoms. The number of hydrogen-bond acceptors (Lipinski definition) is 4. The highest BCUT2D eigenvalue weighted by Gasteiger charge is 2.13. The van der Waals surface area contributed by atoms with Crippen LogP contribution in [0.4, 0.5) is 4.39 Å². The third-order valence-corrected chi connectivity index (χ3v) is 4.65. The minimum atomic E-state index is -0.313. The van der Waals surface area contributed by atoms with Gasteiger partial charge >= 0.3 is 0 Å². The topological polar surface area (TPSA) is 55.1 Å². The monoisotopic (exact) mass is 344 g/mol. The largest absolute Gasteiger partial charge is 0.451 e. The Hall–Kier alpha value is -2.47. The number of halogens is 1. The van der Waals surface area contributed by atoms with E-state index in [1.807, 2.05) is 5.38 Å². The number of rotatable bonds is 5. The van der Waals surface area contributed by atoms with Gasteiger partial charge in [0.1, 0.15) is 11.6 Å². The van der Waals surface area contributed by atoms with E-state index in [9.17, 15) is 9.18 Å². The standard InChI is InChI=1S/C18H17FN2O2S/c1-11(2)18-21-14(10-24-18)9-20-17(22)16-8-7-15(23-16)12-3-5-13(19)6-4-12/h3-8,10-11H,9H2,1-2H3,(H,20,22). The zero-order chi connectivity index (χ0) is 17.1. The van der Waals surface area contributed by atoms with Crippen molar-refractivity contribution in [2.45, 2.75) is 26.3 Å². The van der Waals surface area contributed by atoms with Gasteiger partial charge in [-0.2, -0.15) is 0 Å². The lowest BCUT2D eigenvalue weighted by Crippen LogP contribution is -2.22. The van der Waals surface area contributed by atoms with Gasteiger partial charge in [-0.05, 0) is 36.4 Å². The number of thiazole rings is 1. The zero-order valence-electron chi connectivity index (χ0n) is 13.4. The smallest absolute Gasteiger partial charge is 0.287 e. The minimum absolute atomic E-state index is 0.216. The first-order chi connectivity index (χ1) is 11.5. The Morgan fingerprint density at radius 1 is 1.25 bits per heavy atom. The molecule has 0 aliphatic heterocycles. The van der Waals surface area contributed by atoms with Gasteiger partial charge in [0.25, 0.3) is 5.91 Å². The van der Waals surface area contributed by atoms with Crippen LogP contribution in [0.1, 0.15) is 41.0 Å². The maximum Gasteiger partial charge on any atom is 0.287 e. The summed E-state index contributed by atoms with van der Waals surface area (Å²) in [7, 11) is 0. The number of carbonyl (C=O) groups is 1. The van der Waals surface area contributed by atoms with E-state index < -0.39 is 0 Å². The second-order valence-electron chi connectivity index (χ2n) is 5.69. The molecule has 0 saturated carbocycles. The molecule has 0 aliphatic rings. The van der Waals surface area contributed by atoms with Crippen LogP contribution in [0.5, 0.6) is 0 Å². The maximum absolute atomic E-state index is 12.9. The van der Waals surface area contributed by atoms with Crippen LogP contribution in [0.2, 0.25) is 0 Å². The van der Waals surface area contributed by atoms with Gasteiger partial charge in [-0.25, -0.2) is 9.37 Å². The summed E-state index contributed by atoms with van der Waals surface area (Å²) < 4.78 is 18.5. The number of furan rings is 1. The van der Waals surface area contributed by atoms with Gasteiger partial charge < -0.3 is 9.73 Å². The van der Waals surface area contributed by atoms with Crippen LogP contribution in [-0.2, 0) is 6.54 Å². The van der Waals surface area contributed by atoms with Crippen LogP contribution < -0.4 is 5.32 Å². The van der Waals surface area contributed by atoms with Crippen molar-refractivity contribution in [1.82, 2.24) is 10.3 Å². The molecule has 4 nitrogen and oxygen atoms in total. The Balaban J connectivity index is 1.64. The molecule has 0 atom stereocenters. The molecule has 2 aromatic heterocycles. The Morgan fingerprint density at radius 2 is 2.00 bits per heavy atom. The lowest BCUT2D eigenvalue weighted by Gasteiger charge is -2.01. The van der Waals surface area contributed by atoms with Gasteiger partial charge in [0.2, 0.25) is 0 Å². The van der Waals surface area contributed by atoms with Crippen LogP contribution in [-0.4, -0.2) is 10.9 Å². The van der Waals surface area contributed by atoms with E-state index >= 15 is 0 Å². The second-order valence-corrected chi connectivity index (χ2v) is 6.57. The fourth-order valence-electron chi connectivity index (χ4n) is 2.16. The zero-order valence-corrected chi connectivity index (χ0v) is 14.2. The molecule has 1 N–H and O–H groups in total. The normalized spacial score (nSPS) is 11.0. The average Bonchev–Trinajstić information content (AvgIpc) is 3.23. The number of benzene rings is 1. The van der Waals surface area contributed by atoms with Gasteiger partial charge in [0.05, 0.1) is 17.2 Å². The summed E-state index contributed by atoms with van der Waals surface area (Å²) in [6.07, 6.45) is 0. The van der Waals surface area contributed by atoms with E-state index in [-0.39, 0.29) is 17.5 Å². The molecule has 0 saturated heterocycles. The van der Waals surface area contributed by atoms with Crippen molar-refractivity contribution in [3.8, 4) is 11.3 Å². The molecule has 24 heavy (non-hydrogen) atoms. The second kappa shape index (κ2) is 6.97. The first kappa shape index (κ1) is 16.4. The summed E-state index contributed by atoms with van der Waals surface area (Å²) in [4.78, 5) is 16.6. The molecule has 0 fully saturated rings. The highest BCUT2D eigenvalue weighted by Crippen LogP contribution is 2.23. The number of amides is 1. The molecule has 6 heteroatoms. The predicted molar refractivity (Wildman–Crippen MR) is 91.5 cm³/mol. The van der Waals surface area contributed by atoms with Crippen molar-refractivity contribution in [3.63, 3.8) is 0 Å². The third-order valence-electron chi connectivity index (χ3n) is 3.45. The van der Waals surface area contributed by atoms with Gasteiger partial charge in [0.15, 0.2) is 5.76 Å². The Labute approximate surface area is 143 Å². The van der Waals surface area contributed by atoms with E-state index in [0.29, 0.717) is 18.2 Å². The average molecular weight is 344 g/mol. The lowest BCUT2D eigenvalue weighted by atomic mass is 10.2. The van der Waals surface area contributed by atoms with E-state index in [4.69, 9.17) is 4.42 Å². The molecule has 0 radical (unpaired) electrons. The van der Waals surface area contributed by atoms with Crippen LogP contribution in [0.3, 0.4) is 0 Å². The molecular formula is C18H17FN2O2S. The quantitative estimate of drug-likeness (QED) is 0.736. The van der Waals surface area contributed by atoms with Crippen LogP contribution >= 0.6 is 11.3 Å². The van der Waals surface area contributed by atoms with Gasteiger partial charge in [-0.3, -0.25) is 4.79 Å². The summed E-state index contributed by atoms with van der Waals surface area (Å²) in [6.45, 7) is 4.52. The van der Waals surface area contributed by atoms with Crippen molar-refractivity contribution < 1.29 is 13.6 Å². The number of nitrogens with one attached hydrogen (secondary N) is 1. The molecular weight excluding hydrogens is 327 g/mol. The first-order valence-corrected chi connectivity index (χ1v) is 8.49. The summed E-state index contributed by atoms with van der Waals surface area (Å²) in [6, 6.07) is 9.23. The molecule has 0 aliphatic carbocycles. The van der Waals surface area contributed by atoms with E-state index in [1.165, 1.54) is 12.1 Å². The van der Waals surface area contributed by atoms with Crippen molar-refractivity contribution >= 4 is 17.2 Å². The summed E-state index contributed by atoms with van der Waals surface area (Å²) in [5.41, 5.74) is 1.55. The highest BCUT2D eigenvalue weighted by molar-refractivity contribution is 7.09. The van der Waals surface area contributed by atoms with Crippen LogP contribution in [0.25, 0.3) is 11.3 Å². The molecule has 2 heterocycles. The highest BCUT2D eigenvalue weighted by atomic mass is 32.1. The molecule has 0 spiro atoms. The number of nitrogens with zero attached hydrogens (tertiary/aromatic N) is 1. The van der Waals surface area contributed by atoms with Gasteiger partial charge in [0, 0.05) is 16.9 Å². The fourth-order valence-corrected chi connectivity index (χ4v) is 2.99. The Kier molecular flexibility index (Phi) is 4.76. The third kappa shape index (κ3) is 3.71. The Bertz CT molecular complexity index is 837. The molecule has 1 aromatic carbocycles. The lowest BCUT2D eigenvalue weighted by molar-refractivity contribution is 0.0923. The predicted octanol–water partition coefficient (Wildman–Crippen LogP) is 4.60. The summed E-state index contributed by atoms with van der Waals surface area (Å²) in [5.74, 6) is 0.502. The Morgan fingerprint density at radius 3 is 2.67 bits per heavy atom. The SMILES string of the molecule is CC(C)c1nc(CNC(=O)c2ccc(-c3ccc(F)cc3)o2)cs1. The fraction of sp³-hybridized carbons (Fsp3) is 0.222. The molecule has 0 unspecified atom stereocenters. The van der Waals surface area contributed by atoms with Crippen molar-refractivity contribution in [1.29, 1.82) is 0 Å². The van der Waals surface area contributed by atoms with Gasteiger partial charge in [-0.1, -0.05) is 13.8 Å². The number of carbonyl (C=O) groups excluding carboxylic acids is 1. The number of hydrogen-bond donors (Lipinski definition) is 1. The van der Waals surface area contributed by atoms with E-state index in [1.54, 1.807) is 35.6 Å². The summed E-state index contributed by atoms with van der Waals surface area (Å²) in [5, 5.41) is 5.79. The maximum atomic E-state index is 12.9. The summed E-state index contributed by atoms with van der Waals surface area (Å²) >= 11 is 1.59. The van der Waals surface area contributed by atoms with E-state index in [0.717, 1.165) is 16.3 Å². The first-order valence-electron chi connectivity index (χ1n) is 7.61. The van der Waals surface area contributed by atoms with Crippen LogP contribution in [0.15, 0.2) is 46.2 Å². The minimum Gasteiger partial charge on any atom is -0.451 e. The molecule has 3 aromatic rings. The molecule has 124 valence electrons. The molecule has 3 rings (SSSR count). The van der Waals surface area contributed by atoms with Gasteiger partial charge in [-0.15, -0.1) is 11.3 Å². The molecule has 1 amide bonds. The van der Waals surface area contributed by atoms with Crippen LogP contribution in [0, 0.1) is 5.82 Å². The van der Waals surface area contributed by atoms with Crippen molar-refractivity contribution in [2.75, 3.05) is 0 Å². The van der Waals surface area contributed by atoms with Crippen molar-refractivity contribution in [2.24, 2.45) is 0 Å². The number of aromatic nitrogens is 1. The van der Waals surface area contributed by atoms with E-state index in [2.05, 4.69) is 24.1 Å².